The molecule has 7 heteroatoms. The molecule has 0 aliphatic rings. The van der Waals surface area contributed by atoms with Gasteiger partial charge in [-0.05, 0) is 49.4 Å². The van der Waals surface area contributed by atoms with Gasteiger partial charge in [0.2, 0.25) is 0 Å². The number of nitriles is 1. The first-order chi connectivity index (χ1) is 12.9. The van der Waals surface area contributed by atoms with E-state index in [-0.39, 0.29) is 18.0 Å². The summed E-state index contributed by atoms with van der Waals surface area (Å²) in [6, 6.07) is 12.4. The third-order valence-corrected chi connectivity index (χ3v) is 4.41. The summed E-state index contributed by atoms with van der Waals surface area (Å²) in [6.45, 7) is 1.78. The highest BCUT2D eigenvalue weighted by Crippen LogP contribution is 2.36. The van der Waals surface area contributed by atoms with E-state index < -0.39 is 5.56 Å². The van der Waals surface area contributed by atoms with Gasteiger partial charge in [-0.3, -0.25) is 4.79 Å². The van der Waals surface area contributed by atoms with Crippen LogP contribution in [0, 0.1) is 24.1 Å². The number of aromatic nitrogens is 1. The largest absolute Gasteiger partial charge is 0.489 e. The van der Waals surface area contributed by atoms with E-state index in [9.17, 15) is 14.4 Å². The molecule has 0 amide bonds. The van der Waals surface area contributed by atoms with Crippen molar-refractivity contribution in [3.8, 4) is 22.9 Å². The molecule has 0 saturated carbocycles. The van der Waals surface area contributed by atoms with Crippen molar-refractivity contribution < 1.29 is 9.13 Å². The van der Waals surface area contributed by atoms with E-state index in [0.29, 0.717) is 38.2 Å². The highest BCUT2D eigenvalue weighted by molar-refractivity contribution is 6.36. The number of nitrogens with one attached hydrogen (secondary N) is 1. The molecule has 4 nitrogen and oxygen atoms in total. The second-order valence-electron chi connectivity index (χ2n) is 5.85. The molecule has 0 aliphatic carbocycles. The quantitative estimate of drug-likeness (QED) is 0.647. The third kappa shape index (κ3) is 4.13. The first-order valence-corrected chi connectivity index (χ1v) is 8.65. The topological polar surface area (TPSA) is 65.9 Å². The monoisotopic (exact) mass is 402 g/mol. The number of rotatable bonds is 4. The van der Waals surface area contributed by atoms with E-state index in [1.165, 1.54) is 30.3 Å². The van der Waals surface area contributed by atoms with Gasteiger partial charge in [0.1, 0.15) is 29.8 Å². The zero-order valence-electron chi connectivity index (χ0n) is 14.1. The van der Waals surface area contributed by atoms with Crippen molar-refractivity contribution >= 4 is 23.2 Å². The summed E-state index contributed by atoms with van der Waals surface area (Å²) in [7, 11) is 0. The van der Waals surface area contributed by atoms with Gasteiger partial charge in [0.05, 0.1) is 5.02 Å². The fourth-order valence-corrected chi connectivity index (χ4v) is 3.37. The first-order valence-electron chi connectivity index (χ1n) is 7.89. The van der Waals surface area contributed by atoms with Gasteiger partial charge in [-0.15, -0.1) is 0 Å². The predicted octanol–water partition coefficient (Wildman–Crippen LogP) is 5.25. The standard InChI is InChI=1S/C20H13Cl2FN2O2/c1-11-6-16(17(9-24)20(26)25-11)19-12(7-13(21)8-18(19)22)10-27-15-4-2-14(23)3-5-15/h2-8H,10H2,1H3,(H,25,26). The maximum atomic E-state index is 13.0. The Kier molecular flexibility index (Phi) is 5.50. The first kappa shape index (κ1) is 19.0. The van der Waals surface area contributed by atoms with E-state index >= 15 is 0 Å². The zero-order chi connectivity index (χ0) is 19.6. The Hall–Kier alpha value is -2.81. The van der Waals surface area contributed by atoms with Crippen molar-refractivity contribution in [3.63, 3.8) is 0 Å². The van der Waals surface area contributed by atoms with E-state index in [1.807, 2.05) is 6.07 Å². The summed E-state index contributed by atoms with van der Waals surface area (Å²) in [5, 5.41) is 10.1. The third-order valence-electron chi connectivity index (χ3n) is 3.89. The summed E-state index contributed by atoms with van der Waals surface area (Å²) in [6.07, 6.45) is 0. The van der Waals surface area contributed by atoms with Crippen molar-refractivity contribution in [2.75, 3.05) is 0 Å². The smallest absolute Gasteiger partial charge is 0.266 e. The van der Waals surface area contributed by atoms with E-state index in [0.717, 1.165) is 0 Å². The number of pyridine rings is 1. The van der Waals surface area contributed by atoms with Gasteiger partial charge in [0.15, 0.2) is 0 Å². The van der Waals surface area contributed by atoms with Crippen LogP contribution < -0.4 is 10.3 Å². The summed E-state index contributed by atoms with van der Waals surface area (Å²) < 4.78 is 18.7. The highest BCUT2D eigenvalue weighted by atomic mass is 35.5. The maximum Gasteiger partial charge on any atom is 0.266 e. The molecule has 0 unspecified atom stereocenters. The minimum Gasteiger partial charge on any atom is -0.489 e. The van der Waals surface area contributed by atoms with Gasteiger partial charge in [-0.2, -0.15) is 5.26 Å². The molecule has 0 atom stereocenters. The van der Waals surface area contributed by atoms with Crippen LogP contribution in [0.1, 0.15) is 16.8 Å². The number of aromatic amines is 1. The van der Waals surface area contributed by atoms with Gasteiger partial charge < -0.3 is 9.72 Å². The molecule has 0 radical (unpaired) electrons. The van der Waals surface area contributed by atoms with Crippen LogP contribution in [0.15, 0.2) is 47.3 Å². The Balaban J connectivity index is 2.10. The van der Waals surface area contributed by atoms with Gasteiger partial charge in [0, 0.05) is 27.4 Å². The minimum absolute atomic E-state index is 0.0483. The molecule has 0 saturated heterocycles. The molecule has 1 aromatic heterocycles. The van der Waals surface area contributed by atoms with Crippen LogP contribution in [0.5, 0.6) is 5.75 Å². The molecule has 136 valence electrons. The lowest BCUT2D eigenvalue weighted by Crippen LogP contribution is -2.13. The Bertz CT molecular complexity index is 1100. The number of hydrogen-bond donors (Lipinski definition) is 1. The Morgan fingerprint density at radius 2 is 1.89 bits per heavy atom. The molecule has 0 bridgehead atoms. The van der Waals surface area contributed by atoms with Crippen molar-refractivity contribution in [2.45, 2.75) is 13.5 Å². The second-order valence-corrected chi connectivity index (χ2v) is 6.69. The SMILES string of the molecule is Cc1cc(-c2c(Cl)cc(Cl)cc2COc2ccc(F)cc2)c(C#N)c(=O)[nH]1. The number of ether oxygens (including phenoxy) is 1. The molecule has 1 N–H and O–H groups in total. The molecule has 3 rings (SSSR count). The lowest BCUT2D eigenvalue weighted by Gasteiger charge is -2.15. The lowest BCUT2D eigenvalue weighted by molar-refractivity contribution is 0.306. The van der Waals surface area contributed by atoms with Gasteiger partial charge in [-0.1, -0.05) is 23.2 Å². The molecule has 27 heavy (non-hydrogen) atoms. The van der Waals surface area contributed by atoms with Crippen LogP contribution >= 0.6 is 23.2 Å². The van der Waals surface area contributed by atoms with Crippen molar-refractivity contribution in [2.24, 2.45) is 0 Å². The maximum absolute atomic E-state index is 13.0. The van der Waals surface area contributed by atoms with Crippen molar-refractivity contribution in [1.29, 1.82) is 5.26 Å². The van der Waals surface area contributed by atoms with Crippen LogP contribution in [0.3, 0.4) is 0 Å². The molecule has 0 aliphatic heterocycles. The number of hydrogen-bond acceptors (Lipinski definition) is 3. The van der Waals surface area contributed by atoms with Crippen LogP contribution in [0.2, 0.25) is 10.0 Å². The summed E-state index contributed by atoms with van der Waals surface area (Å²) >= 11 is 12.5. The highest BCUT2D eigenvalue weighted by Gasteiger charge is 2.18. The van der Waals surface area contributed by atoms with Gasteiger partial charge >= 0.3 is 0 Å². The van der Waals surface area contributed by atoms with E-state index in [1.54, 1.807) is 19.1 Å². The van der Waals surface area contributed by atoms with Crippen molar-refractivity contribution in [1.82, 2.24) is 4.98 Å². The minimum atomic E-state index is -0.496. The summed E-state index contributed by atoms with van der Waals surface area (Å²) in [5.41, 5.74) is 1.53. The van der Waals surface area contributed by atoms with Gasteiger partial charge in [0.25, 0.3) is 5.56 Å². The number of halogens is 3. The van der Waals surface area contributed by atoms with Crippen molar-refractivity contribution in [3.05, 3.63) is 85.5 Å². The zero-order valence-corrected chi connectivity index (χ0v) is 15.7. The Labute approximate surface area is 164 Å². The van der Waals surface area contributed by atoms with Crippen LogP contribution in [0.25, 0.3) is 11.1 Å². The average molecular weight is 403 g/mol. The number of nitrogens with zero attached hydrogens (tertiary/aromatic N) is 1. The van der Waals surface area contributed by atoms with E-state index in [4.69, 9.17) is 27.9 Å². The van der Waals surface area contributed by atoms with E-state index in [2.05, 4.69) is 4.98 Å². The summed E-state index contributed by atoms with van der Waals surface area (Å²) in [4.78, 5) is 14.8. The molecular weight excluding hydrogens is 390 g/mol. The molecule has 0 spiro atoms. The van der Waals surface area contributed by atoms with Crippen LogP contribution in [-0.4, -0.2) is 4.98 Å². The molecule has 3 aromatic rings. The number of H-pyrrole nitrogens is 1. The average Bonchev–Trinajstić information content (AvgIpc) is 2.60. The predicted molar refractivity (Wildman–Crippen MR) is 103 cm³/mol. The van der Waals surface area contributed by atoms with Crippen LogP contribution in [0.4, 0.5) is 4.39 Å². The molecule has 0 fully saturated rings. The molecular formula is C20H13Cl2FN2O2. The fraction of sp³-hybridized carbons (Fsp3) is 0.100. The van der Waals surface area contributed by atoms with Crippen LogP contribution in [-0.2, 0) is 6.61 Å². The Morgan fingerprint density at radius 3 is 2.56 bits per heavy atom. The second kappa shape index (κ2) is 7.83. The number of aryl methyl sites for hydroxylation is 1. The fourth-order valence-electron chi connectivity index (χ4n) is 2.73. The lowest BCUT2D eigenvalue weighted by atomic mass is 9.96. The molecule has 1 heterocycles. The normalized spacial score (nSPS) is 10.5. The Morgan fingerprint density at radius 1 is 1.19 bits per heavy atom. The number of benzene rings is 2. The van der Waals surface area contributed by atoms with Gasteiger partial charge in [-0.25, -0.2) is 4.39 Å². The summed E-state index contributed by atoms with van der Waals surface area (Å²) in [5.74, 6) is 0.0903. The molecule has 2 aromatic carbocycles.